The van der Waals surface area contributed by atoms with Gasteiger partial charge in [0.15, 0.2) is 0 Å². The summed E-state index contributed by atoms with van der Waals surface area (Å²) >= 11 is 2.52. The predicted octanol–water partition coefficient (Wildman–Crippen LogP) is 7.14. The fourth-order valence-electron chi connectivity index (χ4n) is 3.96. The predicted molar refractivity (Wildman–Crippen MR) is 118 cm³/mol. The van der Waals surface area contributed by atoms with Crippen LogP contribution in [0.3, 0.4) is 0 Å². The Bertz CT molecular complexity index is 425. The van der Waals surface area contributed by atoms with E-state index in [1.807, 2.05) is 13.8 Å². The normalized spacial score (nSPS) is 17.6. The molecule has 0 saturated heterocycles. The first-order chi connectivity index (χ1) is 11.0. The number of rotatable bonds is 9. The van der Waals surface area contributed by atoms with Crippen molar-refractivity contribution in [3.63, 3.8) is 0 Å². The summed E-state index contributed by atoms with van der Waals surface area (Å²) in [6.45, 7) is 26.2. The Morgan fingerprint density at radius 1 is 0.880 bits per heavy atom. The summed E-state index contributed by atoms with van der Waals surface area (Å²) in [4.78, 5) is 13.0. The fraction of sp³-hybridized carbons (Fsp3) is 0.955. The van der Waals surface area contributed by atoms with Crippen LogP contribution in [0.2, 0.25) is 0 Å². The number of hydrogen-bond acceptors (Lipinski definition) is 2. The van der Waals surface area contributed by atoms with E-state index in [-0.39, 0.29) is 11.4 Å². The molecule has 0 fully saturated rings. The molecule has 0 heterocycles. The van der Waals surface area contributed by atoms with Gasteiger partial charge in [-0.2, -0.15) is 0 Å². The number of carbonyl (C=O) groups excluding carboxylic acids is 1. The number of hydrogen-bond donors (Lipinski definition) is 0. The Morgan fingerprint density at radius 2 is 1.32 bits per heavy atom. The molecule has 25 heavy (non-hydrogen) atoms. The third-order valence-corrected chi connectivity index (χ3v) is 7.24. The van der Waals surface area contributed by atoms with Crippen LogP contribution in [0.25, 0.3) is 0 Å². The first-order valence-corrected chi connectivity index (χ1v) is 11.1. The average Bonchev–Trinajstić information content (AvgIpc) is 2.35. The lowest BCUT2D eigenvalue weighted by molar-refractivity contribution is -0.186. The van der Waals surface area contributed by atoms with Crippen molar-refractivity contribution < 1.29 is 9.53 Å². The minimum atomic E-state index is -0.517. The van der Waals surface area contributed by atoms with Gasteiger partial charge in [0.05, 0.1) is 5.41 Å². The van der Waals surface area contributed by atoms with E-state index >= 15 is 0 Å². The highest BCUT2D eigenvalue weighted by Crippen LogP contribution is 2.48. The van der Waals surface area contributed by atoms with Crippen LogP contribution in [0.5, 0.6) is 0 Å². The van der Waals surface area contributed by atoms with E-state index in [9.17, 15) is 4.79 Å². The Labute approximate surface area is 171 Å². The molecule has 0 aromatic rings. The summed E-state index contributed by atoms with van der Waals surface area (Å²) in [5.74, 6) is 2.00. The first-order valence-electron chi connectivity index (χ1n) is 9.85. The second-order valence-electron chi connectivity index (χ2n) is 10.4. The molecular weight excluding hydrogens is 423 g/mol. The zero-order valence-electron chi connectivity index (χ0n) is 18.8. The molecule has 0 aliphatic heterocycles. The molecule has 0 radical (unpaired) electrons. The molecule has 0 saturated carbocycles. The van der Waals surface area contributed by atoms with Gasteiger partial charge in [0.1, 0.15) is 5.60 Å². The largest absolute Gasteiger partial charge is 0.459 e. The van der Waals surface area contributed by atoms with Gasteiger partial charge in [0, 0.05) is 9.34 Å². The molecule has 0 aromatic heterocycles. The molecule has 0 aliphatic rings. The molecule has 0 aromatic carbocycles. The van der Waals surface area contributed by atoms with Gasteiger partial charge in [-0.3, -0.25) is 4.79 Å². The maximum absolute atomic E-state index is 13.0. The molecule has 3 atom stereocenters. The maximum atomic E-state index is 13.0. The molecule has 0 bridgehead atoms. The van der Waals surface area contributed by atoms with Crippen molar-refractivity contribution in [1.29, 1.82) is 0 Å². The third-order valence-electron chi connectivity index (χ3n) is 6.47. The number of carbonyl (C=O) groups is 1. The fourth-order valence-corrected chi connectivity index (χ4v) is 5.69. The first kappa shape index (κ1) is 25.2. The summed E-state index contributed by atoms with van der Waals surface area (Å²) in [7, 11) is 0. The van der Waals surface area contributed by atoms with Crippen molar-refractivity contribution in [3.8, 4) is 0 Å². The highest BCUT2D eigenvalue weighted by atomic mass is 127. The highest BCUT2D eigenvalue weighted by Gasteiger charge is 2.49. The zero-order valence-corrected chi connectivity index (χ0v) is 20.9. The number of halogens is 1. The standard InChI is InChI=1S/C22H43IO2/c1-14(2)16(5)13-20(7,8)19(24)25-22(11,12)21(9,10)18(15(3)4)17(6)23/h14-18H,13H2,1-12H3. The van der Waals surface area contributed by atoms with Crippen molar-refractivity contribution in [3.05, 3.63) is 0 Å². The second kappa shape index (κ2) is 8.93. The Balaban J connectivity index is 5.43. The van der Waals surface area contributed by atoms with Crippen LogP contribution in [-0.4, -0.2) is 15.5 Å². The van der Waals surface area contributed by atoms with E-state index in [1.54, 1.807) is 0 Å². The smallest absolute Gasteiger partial charge is 0.312 e. The van der Waals surface area contributed by atoms with Gasteiger partial charge in [-0.15, -0.1) is 0 Å². The molecule has 0 aliphatic carbocycles. The lowest BCUT2D eigenvalue weighted by atomic mass is 9.63. The molecule has 3 heteroatoms. The third kappa shape index (κ3) is 6.39. The number of alkyl halides is 1. The van der Waals surface area contributed by atoms with Crippen LogP contribution in [0, 0.1) is 34.5 Å². The molecular formula is C22H43IO2. The highest BCUT2D eigenvalue weighted by molar-refractivity contribution is 14.1. The van der Waals surface area contributed by atoms with Crippen LogP contribution in [0.4, 0.5) is 0 Å². The van der Waals surface area contributed by atoms with Crippen LogP contribution in [-0.2, 0) is 9.53 Å². The summed E-state index contributed by atoms with van der Waals surface area (Å²) in [5, 5.41) is 0. The molecule has 150 valence electrons. The quantitative estimate of drug-likeness (QED) is 0.205. The van der Waals surface area contributed by atoms with Crippen molar-refractivity contribution >= 4 is 28.6 Å². The average molecular weight is 466 g/mol. The number of ether oxygens (including phenoxy) is 1. The van der Waals surface area contributed by atoms with Gasteiger partial charge in [-0.25, -0.2) is 0 Å². The second-order valence-corrected chi connectivity index (χ2v) is 12.3. The van der Waals surface area contributed by atoms with Gasteiger partial charge >= 0.3 is 5.97 Å². The lowest BCUT2D eigenvalue weighted by Crippen LogP contribution is -2.52. The Hall–Kier alpha value is 0.200. The van der Waals surface area contributed by atoms with Gasteiger partial charge in [-0.05, 0) is 57.8 Å². The summed E-state index contributed by atoms with van der Waals surface area (Å²) in [6.07, 6.45) is 0.857. The molecule has 3 unspecified atom stereocenters. The van der Waals surface area contributed by atoms with E-state index in [4.69, 9.17) is 4.74 Å². The summed E-state index contributed by atoms with van der Waals surface area (Å²) in [6, 6.07) is 0. The lowest BCUT2D eigenvalue weighted by Gasteiger charge is -2.49. The molecule has 0 spiro atoms. The van der Waals surface area contributed by atoms with E-state index < -0.39 is 11.0 Å². The maximum Gasteiger partial charge on any atom is 0.312 e. The summed E-state index contributed by atoms with van der Waals surface area (Å²) < 4.78 is 6.70. The van der Waals surface area contributed by atoms with Crippen LogP contribution < -0.4 is 0 Å². The van der Waals surface area contributed by atoms with Crippen LogP contribution >= 0.6 is 22.6 Å². The van der Waals surface area contributed by atoms with Gasteiger partial charge in [0.2, 0.25) is 0 Å². The SMILES string of the molecule is CC(C)C(C)CC(C)(C)C(=O)OC(C)(C)C(C)(C)C(C(C)C)C(C)I. The minimum Gasteiger partial charge on any atom is -0.459 e. The van der Waals surface area contributed by atoms with Gasteiger partial charge < -0.3 is 4.74 Å². The van der Waals surface area contributed by atoms with Crippen molar-refractivity contribution in [1.82, 2.24) is 0 Å². The van der Waals surface area contributed by atoms with E-state index in [2.05, 4.69) is 91.8 Å². The molecule has 0 rings (SSSR count). The van der Waals surface area contributed by atoms with Crippen LogP contribution in [0.1, 0.15) is 89.5 Å². The van der Waals surface area contributed by atoms with Gasteiger partial charge in [-0.1, -0.05) is 78.0 Å². The Morgan fingerprint density at radius 3 is 1.64 bits per heavy atom. The summed E-state index contributed by atoms with van der Waals surface area (Å²) in [5.41, 5.74) is -1.09. The topological polar surface area (TPSA) is 26.3 Å². The number of esters is 1. The minimum absolute atomic E-state index is 0.0679. The van der Waals surface area contributed by atoms with Gasteiger partial charge in [0.25, 0.3) is 0 Å². The van der Waals surface area contributed by atoms with E-state index in [0.717, 1.165) is 6.42 Å². The zero-order chi connectivity index (χ0) is 20.4. The Kier molecular flexibility index (Phi) is 9.00. The van der Waals surface area contributed by atoms with E-state index in [0.29, 0.717) is 27.6 Å². The molecule has 2 nitrogen and oxygen atoms in total. The molecule has 0 amide bonds. The van der Waals surface area contributed by atoms with E-state index in [1.165, 1.54) is 0 Å². The van der Waals surface area contributed by atoms with Crippen LogP contribution in [0.15, 0.2) is 0 Å². The van der Waals surface area contributed by atoms with Crippen molar-refractivity contribution in [2.45, 2.75) is 99.0 Å². The van der Waals surface area contributed by atoms with Crippen molar-refractivity contribution in [2.24, 2.45) is 34.5 Å². The molecule has 0 N–H and O–H groups in total. The monoisotopic (exact) mass is 466 g/mol. The van der Waals surface area contributed by atoms with Crippen molar-refractivity contribution in [2.75, 3.05) is 0 Å².